The average Bonchev–Trinajstić information content (AvgIpc) is 2.63. The van der Waals surface area contributed by atoms with Crippen LogP contribution in [0.15, 0.2) is 66.2 Å². The van der Waals surface area contributed by atoms with Crippen molar-refractivity contribution in [3.63, 3.8) is 0 Å². The summed E-state index contributed by atoms with van der Waals surface area (Å²) < 4.78 is 5.86. The number of carbonyl (C=O) groups is 1. The molecule has 5 nitrogen and oxygen atoms in total. The molecule has 0 atom stereocenters. The van der Waals surface area contributed by atoms with Crippen LogP contribution in [0.3, 0.4) is 0 Å². The molecule has 0 fully saturated rings. The van der Waals surface area contributed by atoms with E-state index in [1.807, 2.05) is 68.4 Å². The van der Waals surface area contributed by atoms with E-state index in [0.29, 0.717) is 19.7 Å². The van der Waals surface area contributed by atoms with Crippen LogP contribution in [0.1, 0.15) is 33.3 Å². The molecule has 0 spiro atoms. The number of amides is 1. The minimum absolute atomic E-state index is 0.525. The monoisotopic (exact) mass is 382 g/mol. The Morgan fingerprint density at radius 3 is 2.32 bits per heavy atom. The fourth-order valence-electron chi connectivity index (χ4n) is 2.85. The Kier molecular flexibility index (Phi) is 7.50. The number of nitrogens with one attached hydrogen (secondary N) is 1. The van der Waals surface area contributed by atoms with Crippen molar-refractivity contribution in [2.45, 2.75) is 39.8 Å². The molecule has 2 rings (SSSR count). The smallest absolute Gasteiger partial charge is 0.405 e. The van der Waals surface area contributed by atoms with E-state index in [4.69, 9.17) is 9.84 Å². The number of allylic oxidation sites excluding steroid dienone is 1. The maximum absolute atomic E-state index is 11.1. The second kappa shape index (κ2) is 9.83. The highest BCUT2D eigenvalue weighted by atomic mass is 16.5. The number of nitrogens with zero attached hydrogens (tertiary/aromatic N) is 1. The maximum atomic E-state index is 11.1. The average molecular weight is 383 g/mol. The molecule has 0 radical (unpaired) electrons. The highest BCUT2D eigenvalue weighted by molar-refractivity contribution is 5.65. The lowest BCUT2D eigenvalue weighted by Gasteiger charge is -2.33. The van der Waals surface area contributed by atoms with Crippen LogP contribution in [0, 0.1) is 0 Å². The van der Waals surface area contributed by atoms with Gasteiger partial charge >= 0.3 is 6.09 Å². The molecule has 0 saturated heterocycles. The SMILES string of the molecule is CC(C)=CCN(CC(C)(C)NC(=O)O)c1ccc(OCc2ccccc2)cc1. The molecule has 2 N–H and O–H groups in total. The van der Waals surface area contributed by atoms with Gasteiger partial charge in [-0.2, -0.15) is 0 Å². The van der Waals surface area contributed by atoms with Crippen LogP contribution in [0.25, 0.3) is 0 Å². The molecule has 2 aromatic rings. The van der Waals surface area contributed by atoms with Crippen molar-refractivity contribution in [2.75, 3.05) is 18.0 Å². The molecule has 0 unspecified atom stereocenters. The van der Waals surface area contributed by atoms with Gasteiger partial charge < -0.3 is 20.1 Å². The van der Waals surface area contributed by atoms with Crippen LogP contribution in [-0.4, -0.2) is 29.8 Å². The lowest BCUT2D eigenvalue weighted by molar-refractivity contribution is 0.183. The Morgan fingerprint density at radius 1 is 1.11 bits per heavy atom. The maximum Gasteiger partial charge on any atom is 0.405 e. The fourth-order valence-corrected chi connectivity index (χ4v) is 2.85. The largest absolute Gasteiger partial charge is 0.489 e. The van der Waals surface area contributed by atoms with E-state index < -0.39 is 11.6 Å². The zero-order chi connectivity index (χ0) is 20.6. The van der Waals surface area contributed by atoms with Crippen molar-refractivity contribution in [3.05, 3.63) is 71.8 Å². The highest BCUT2D eigenvalue weighted by Gasteiger charge is 2.23. The fraction of sp³-hybridized carbons (Fsp3) is 0.348. The Bertz CT molecular complexity index is 779. The summed E-state index contributed by atoms with van der Waals surface area (Å²) >= 11 is 0. The van der Waals surface area contributed by atoms with Gasteiger partial charge in [0.25, 0.3) is 0 Å². The third-order valence-electron chi connectivity index (χ3n) is 4.20. The van der Waals surface area contributed by atoms with Crippen molar-refractivity contribution < 1.29 is 14.6 Å². The second-order valence-corrected chi connectivity index (χ2v) is 7.74. The van der Waals surface area contributed by atoms with Gasteiger partial charge in [0.05, 0.1) is 5.54 Å². The van der Waals surface area contributed by atoms with E-state index in [2.05, 4.69) is 30.1 Å². The molecular weight excluding hydrogens is 352 g/mol. The van der Waals surface area contributed by atoms with E-state index in [1.54, 1.807) is 0 Å². The van der Waals surface area contributed by atoms with Gasteiger partial charge in [-0.25, -0.2) is 4.79 Å². The van der Waals surface area contributed by atoms with Gasteiger partial charge in [0.1, 0.15) is 12.4 Å². The molecule has 28 heavy (non-hydrogen) atoms. The van der Waals surface area contributed by atoms with Crippen LogP contribution in [0.5, 0.6) is 5.75 Å². The minimum Gasteiger partial charge on any atom is -0.489 e. The molecule has 150 valence electrons. The zero-order valence-corrected chi connectivity index (χ0v) is 17.1. The third kappa shape index (κ3) is 7.35. The van der Waals surface area contributed by atoms with Crippen molar-refractivity contribution in [2.24, 2.45) is 0 Å². The van der Waals surface area contributed by atoms with Gasteiger partial charge in [0, 0.05) is 18.8 Å². The van der Waals surface area contributed by atoms with E-state index in [0.717, 1.165) is 17.0 Å². The first-order valence-electron chi connectivity index (χ1n) is 9.41. The van der Waals surface area contributed by atoms with E-state index in [-0.39, 0.29) is 0 Å². The van der Waals surface area contributed by atoms with Gasteiger partial charge in [0.2, 0.25) is 0 Å². The van der Waals surface area contributed by atoms with E-state index >= 15 is 0 Å². The topological polar surface area (TPSA) is 61.8 Å². The van der Waals surface area contributed by atoms with Gasteiger partial charge in [-0.05, 0) is 57.5 Å². The minimum atomic E-state index is -1.02. The summed E-state index contributed by atoms with van der Waals surface area (Å²) in [5.74, 6) is 0.803. The summed E-state index contributed by atoms with van der Waals surface area (Å²) in [7, 11) is 0. The lowest BCUT2D eigenvalue weighted by atomic mass is 10.0. The Labute approximate surface area is 167 Å². The molecule has 1 amide bonds. The van der Waals surface area contributed by atoms with Gasteiger partial charge in [0.15, 0.2) is 0 Å². The Hall–Kier alpha value is -2.95. The van der Waals surface area contributed by atoms with E-state index in [9.17, 15) is 4.79 Å². The van der Waals surface area contributed by atoms with Crippen LogP contribution in [-0.2, 0) is 6.61 Å². The molecule has 0 bridgehead atoms. The van der Waals surface area contributed by atoms with Crippen molar-refractivity contribution in [1.29, 1.82) is 0 Å². The number of rotatable bonds is 9. The number of benzene rings is 2. The molecule has 5 heteroatoms. The summed E-state index contributed by atoms with van der Waals surface area (Å²) in [4.78, 5) is 13.2. The summed E-state index contributed by atoms with van der Waals surface area (Å²) in [6, 6.07) is 18.0. The van der Waals surface area contributed by atoms with Crippen LogP contribution in [0.2, 0.25) is 0 Å². The summed E-state index contributed by atoms with van der Waals surface area (Å²) in [6.45, 7) is 9.66. The molecule has 2 aromatic carbocycles. The first-order valence-corrected chi connectivity index (χ1v) is 9.41. The number of ether oxygens (including phenoxy) is 1. The lowest BCUT2D eigenvalue weighted by Crippen LogP contribution is -2.51. The molecule has 0 aliphatic carbocycles. The zero-order valence-electron chi connectivity index (χ0n) is 17.1. The highest BCUT2D eigenvalue weighted by Crippen LogP contribution is 2.22. The molecule has 0 saturated carbocycles. The molecule has 0 heterocycles. The number of hydrogen-bond acceptors (Lipinski definition) is 3. The number of carboxylic acid groups (broad SMARTS) is 1. The van der Waals surface area contributed by atoms with Gasteiger partial charge in [-0.1, -0.05) is 42.0 Å². The van der Waals surface area contributed by atoms with Gasteiger partial charge in [-0.3, -0.25) is 0 Å². The molecule has 0 aliphatic rings. The van der Waals surface area contributed by atoms with Crippen molar-refractivity contribution >= 4 is 11.8 Å². The Balaban J connectivity index is 2.09. The first-order chi connectivity index (χ1) is 13.2. The number of hydrogen-bond donors (Lipinski definition) is 2. The standard InChI is InChI=1S/C23H30N2O3/c1-18(2)14-15-25(17-23(3,4)24-22(26)27)20-10-12-21(13-11-20)28-16-19-8-6-5-7-9-19/h5-14,24H,15-17H2,1-4H3,(H,26,27). The van der Waals surface area contributed by atoms with Crippen molar-refractivity contribution in [1.82, 2.24) is 5.32 Å². The first kappa shape index (κ1) is 21.4. The molecular formula is C23H30N2O3. The number of anilines is 1. The van der Waals surface area contributed by atoms with Crippen LogP contribution >= 0.6 is 0 Å². The van der Waals surface area contributed by atoms with Gasteiger partial charge in [-0.15, -0.1) is 0 Å². The predicted molar refractivity (Wildman–Crippen MR) is 114 cm³/mol. The normalized spacial score (nSPS) is 10.9. The van der Waals surface area contributed by atoms with Crippen LogP contribution in [0.4, 0.5) is 10.5 Å². The van der Waals surface area contributed by atoms with Crippen LogP contribution < -0.4 is 15.0 Å². The third-order valence-corrected chi connectivity index (χ3v) is 4.20. The second-order valence-electron chi connectivity index (χ2n) is 7.74. The molecule has 0 aliphatic heterocycles. The van der Waals surface area contributed by atoms with Crippen molar-refractivity contribution in [3.8, 4) is 5.75 Å². The Morgan fingerprint density at radius 2 is 1.75 bits per heavy atom. The predicted octanol–water partition coefficient (Wildman–Crippen LogP) is 5.08. The summed E-state index contributed by atoms with van der Waals surface area (Å²) in [6.07, 6.45) is 1.12. The molecule has 0 aromatic heterocycles. The summed E-state index contributed by atoms with van der Waals surface area (Å²) in [5.41, 5.74) is 2.78. The quantitative estimate of drug-likeness (QED) is 0.594. The van der Waals surface area contributed by atoms with E-state index in [1.165, 1.54) is 5.57 Å². The summed E-state index contributed by atoms with van der Waals surface area (Å²) in [5, 5.41) is 11.7.